The van der Waals surface area contributed by atoms with Gasteiger partial charge in [0.05, 0.1) is 20.3 Å². The molecule has 0 saturated carbocycles. The quantitative estimate of drug-likeness (QED) is 0.278. The van der Waals surface area contributed by atoms with E-state index in [1.165, 1.54) is 24.1 Å². The van der Waals surface area contributed by atoms with Crippen molar-refractivity contribution in [2.45, 2.75) is 90.3 Å². The molecule has 51 heavy (non-hydrogen) atoms. The van der Waals surface area contributed by atoms with Crippen molar-refractivity contribution in [3.63, 3.8) is 0 Å². The van der Waals surface area contributed by atoms with Crippen molar-refractivity contribution in [2.24, 2.45) is 11.3 Å². The second-order valence-corrected chi connectivity index (χ2v) is 15.7. The van der Waals surface area contributed by atoms with E-state index >= 15 is 4.79 Å². The summed E-state index contributed by atoms with van der Waals surface area (Å²) in [7, 11) is 3.07. The number of methoxy groups -OCH3 is 2. The second-order valence-electron chi connectivity index (χ2n) is 15.7. The van der Waals surface area contributed by atoms with Crippen LogP contribution in [0.5, 0.6) is 28.9 Å². The zero-order valence-electron chi connectivity index (χ0n) is 30.3. The summed E-state index contributed by atoms with van der Waals surface area (Å²) in [5.74, 6) is -1.81. The van der Waals surface area contributed by atoms with Crippen molar-refractivity contribution >= 4 is 11.9 Å². The predicted octanol–water partition coefficient (Wildman–Crippen LogP) is 6.23. The van der Waals surface area contributed by atoms with Gasteiger partial charge in [0.25, 0.3) is 0 Å². The summed E-state index contributed by atoms with van der Waals surface area (Å²) < 4.78 is 54.8. The zero-order valence-corrected chi connectivity index (χ0v) is 30.3. The Kier molecular flexibility index (Phi) is 8.89. The molecule has 4 heterocycles. The van der Waals surface area contributed by atoms with Crippen LogP contribution in [0.15, 0.2) is 48.7 Å². The molecule has 0 radical (unpaired) electrons. The molecular formula is C38H45F2N3O8. The van der Waals surface area contributed by atoms with Crippen LogP contribution in [0.2, 0.25) is 0 Å². The lowest BCUT2D eigenvalue weighted by atomic mass is 9.72. The number of carbonyl (C=O) groups is 2. The largest absolute Gasteiger partial charge is 0.586 e. The molecule has 1 fully saturated rings. The van der Waals surface area contributed by atoms with Crippen molar-refractivity contribution < 1.29 is 47.2 Å². The highest BCUT2D eigenvalue weighted by molar-refractivity contribution is 5.94. The maximum Gasteiger partial charge on any atom is 0.586 e. The van der Waals surface area contributed by atoms with Crippen molar-refractivity contribution in [2.75, 3.05) is 20.8 Å². The molecule has 0 unspecified atom stereocenters. The van der Waals surface area contributed by atoms with E-state index in [1.807, 2.05) is 32.9 Å². The molecule has 3 aromatic rings. The fourth-order valence-electron chi connectivity index (χ4n) is 7.73. The van der Waals surface area contributed by atoms with Gasteiger partial charge < -0.3 is 39.0 Å². The normalized spacial score (nSPS) is 25.0. The molecule has 0 aliphatic carbocycles. The number of likely N-dealkylation sites (tertiary alicyclic amines) is 1. The minimum absolute atomic E-state index is 0.145. The molecule has 11 nitrogen and oxygen atoms in total. The Morgan fingerprint density at radius 1 is 1.02 bits per heavy atom. The first-order valence-electron chi connectivity index (χ1n) is 16.8. The topological polar surface area (TPSA) is 129 Å². The predicted molar refractivity (Wildman–Crippen MR) is 183 cm³/mol. The number of nitrogens with one attached hydrogen (secondary N) is 1. The molecule has 3 aliphatic heterocycles. The number of ether oxygens (including phenoxy) is 5. The van der Waals surface area contributed by atoms with Gasteiger partial charge in [-0.1, -0.05) is 53.7 Å². The van der Waals surface area contributed by atoms with Gasteiger partial charge in [-0.2, -0.15) is 0 Å². The Hall–Kier alpha value is -4.65. The molecule has 1 saturated heterocycles. The Labute approximate surface area is 296 Å². The second kappa shape index (κ2) is 12.5. The summed E-state index contributed by atoms with van der Waals surface area (Å²) in [5.41, 5.74) is 0.458. The van der Waals surface area contributed by atoms with E-state index in [4.69, 9.17) is 18.9 Å². The summed E-state index contributed by atoms with van der Waals surface area (Å²) in [6.07, 6.45) is -2.32. The maximum atomic E-state index is 15.3. The average molecular weight is 710 g/mol. The number of hydrogen-bond acceptors (Lipinski definition) is 9. The summed E-state index contributed by atoms with van der Waals surface area (Å²) in [5, 5.41) is 14.7. The molecule has 0 bridgehead atoms. The van der Waals surface area contributed by atoms with Crippen molar-refractivity contribution in [1.82, 2.24) is 15.2 Å². The monoisotopic (exact) mass is 709 g/mol. The first kappa shape index (κ1) is 36.2. The molecule has 1 amide bonds. The van der Waals surface area contributed by atoms with Crippen LogP contribution in [-0.4, -0.2) is 66.1 Å². The van der Waals surface area contributed by atoms with Crippen LogP contribution < -0.4 is 29.0 Å². The van der Waals surface area contributed by atoms with Gasteiger partial charge in [-0.3, -0.25) is 4.79 Å². The maximum absolute atomic E-state index is 15.3. The minimum atomic E-state index is -3.88. The fraction of sp³-hybridized carbons (Fsp3) is 0.500. The molecular weight excluding hydrogens is 664 g/mol. The van der Waals surface area contributed by atoms with E-state index in [1.54, 1.807) is 32.4 Å². The number of halogens is 2. The lowest BCUT2D eigenvalue weighted by molar-refractivity contribution is -0.286. The minimum Gasteiger partial charge on any atom is -0.496 e. The molecule has 3 aliphatic rings. The number of hydrogen-bond donors (Lipinski definition) is 2. The van der Waals surface area contributed by atoms with E-state index in [-0.39, 0.29) is 40.7 Å². The van der Waals surface area contributed by atoms with E-state index in [0.717, 1.165) is 11.1 Å². The molecule has 6 rings (SSSR count). The molecule has 2 N–H and O–H groups in total. The van der Waals surface area contributed by atoms with E-state index in [9.17, 15) is 18.7 Å². The van der Waals surface area contributed by atoms with Gasteiger partial charge in [0.1, 0.15) is 29.6 Å². The summed E-state index contributed by atoms with van der Waals surface area (Å²) in [4.78, 5) is 34.6. The number of benzene rings is 2. The highest BCUT2D eigenvalue weighted by Crippen LogP contribution is 2.54. The Bertz CT molecular complexity index is 1860. The van der Waals surface area contributed by atoms with Gasteiger partial charge >= 0.3 is 12.3 Å². The van der Waals surface area contributed by atoms with E-state index < -0.39 is 53.0 Å². The number of fused-ring (bicyclic) bond motifs is 2. The third-order valence-electron chi connectivity index (χ3n) is 10.2. The van der Waals surface area contributed by atoms with Crippen LogP contribution in [0.25, 0.3) is 0 Å². The van der Waals surface area contributed by atoms with Gasteiger partial charge in [0, 0.05) is 47.5 Å². The molecule has 274 valence electrons. The third-order valence-corrected chi connectivity index (χ3v) is 10.2. The van der Waals surface area contributed by atoms with Gasteiger partial charge in [-0.15, -0.1) is 8.78 Å². The van der Waals surface area contributed by atoms with Gasteiger partial charge in [0.15, 0.2) is 11.5 Å². The van der Waals surface area contributed by atoms with Gasteiger partial charge in [-0.25, -0.2) is 9.78 Å². The molecule has 0 spiro atoms. The van der Waals surface area contributed by atoms with Crippen LogP contribution in [0, 0.1) is 11.3 Å². The first-order valence-corrected chi connectivity index (χ1v) is 16.8. The Morgan fingerprint density at radius 3 is 2.31 bits per heavy atom. The molecule has 1 aromatic heterocycles. The SMILES string of the molecule is COc1ccc(C(C)(C)C)cc1CN[C@H]1[C@H](C(C)(C)C)[C@@H](C(=O)O)N(C(=O)[C@]2(C)COc3cc4c(cc32)OC(F)(F)O4)[C@H]1c1cccnc1OC. The molecule has 2 aromatic carbocycles. The van der Waals surface area contributed by atoms with Crippen molar-refractivity contribution in [3.8, 4) is 28.9 Å². The first-order chi connectivity index (χ1) is 23.8. The Morgan fingerprint density at radius 2 is 1.71 bits per heavy atom. The number of aromatic nitrogens is 1. The number of alkyl halides is 2. The molecule has 13 heteroatoms. The van der Waals surface area contributed by atoms with Crippen LogP contribution in [0.3, 0.4) is 0 Å². The van der Waals surface area contributed by atoms with Gasteiger partial charge in [0.2, 0.25) is 11.8 Å². The van der Waals surface area contributed by atoms with Crippen LogP contribution in [0.4, 0.5) is 8.78 Å². The van der Waals surface area contributed by atoms with Gasteiger partial charge in [-0.05, 0) is 47.6 Å². The third kappa shape index (κ3) is 6.30. The number of rotatable bonds is 8. The fourth-order valence-corrected chi connectivity index (χ4v) is 7.73. The van der Waals surface area contributed by atoms with Crippen LogP contribution >= 0.6 is 0 Å². The number of amides is 1. The zero-order chi connectivity index (χ0) is 37.3. The lowest BCUT2D eigenvalue weighted by Gasteiger charge is -2.37. The highest BCUT2D eigenvalue weighted by atomic mass is 19.3. The van der Waals surface area contributed by atoms with Crippen LogP contribution in [0.1, 0.15) is 76.8 Å². The number of carboxylic acid groups (broad SMARTS) is 1. The highest BCUT2D eigenvalue weighted by Gasteiger charge is 2.62. The van der Waals surface area contributed by atoms with E-state index in [0.29, 0.717) is 17.9 Å². The number of carbonyl (C=O) groups excluding carboxylic acids is 1. The van der Waals surface area contributed by atoms with Crippen LogP contribution in [-0.2, 0) is 27.0 Å². The summed E-state index contributed by atoms with van der Waals surface area (Å²) in [6.45, 7) is 13.9. The standard InChI is InChI=1S/C38H45F2N3O8/c1-35(2,3)21-12-13-24(47-8)20(15-21)18-42-29-28(36(4,5)6)31(33(44)45)43(30(29)22-11-10-14-41-32(22)48-9)34(46)37(7)19-49-25-17-27-26(16-23(25)37)50-38(39,40)51-27/h10-17,28-31,42H,18-19H2,1-9H3,(H,44,45)/t28-,29-,30-,31-,37+/m0/s1. The van der Waals surface area contributed by atoms with Crippen molar-refractivity contribution in [1.29, 1.82) is 0 Å². The smallest absolute Gasteiger partial charge is 0.496 e. The Balaban J connectivity index is 1.50. The van der Waals surface area contributed by atoms with E-state index in [2.05, 4.69) is 41.9 Å². The lowest BCUT2D eigenvalue weighted by Crippen LogP contribution is -2.53. The number of pyridine rings is 1. The van der Waals surface area contributed by atoms with Crippen molar-refractivity contribution in [3.05, 3.63) is 70.9 Å². The summed E-state index contributed by atoms with van der Waals surface area (Å²) >= 11 is 0. The summed E-state index contributed by atoms with van der Waals surface area (Å²) in [6, 6.07) is 9.22. The number of carboxylic acids is 1. The number of aliphatic carboxylic acids is 1. The number of nitrogens with zero attached hydrogens (tertiary/aromatic N) is 2. The molecule has 5 atom stereocenters. The average Bonchev–Trinajstić information content (AvgIpc) is 3.69.